The van der Waals surface area contributed by atoms with E-state index < -0.39 is 0 Å². The fourth-order valence-corrected chi connectivity index (χ4v) is 1.50. The first-order valence-electron chi connectivity index (χ1n) is 5.71. The molecule has 0 atom stereocenters. The molecule has 3 nitrogen and oxygen atoms in total. The molecule has 0 bridgehead atoms. The van der Waals surface area contributed by atoms with Crippen LogP contribution in [-0.2, 0) is 9.53 Å². The van der Waals surface area contributed by atoms with Crippen LogP contribution in [-0.4, -0.2) is 25.7 Å². The summed E-state index contributed by atoms with van der Waals surface area (Å²) < 4.78 is 5.09. The zero-order chi connectivity index (χ0) is 9.80. The fourth-order valence-electron chi connectivity index (χ4n) is 1.50. The highest BCUT2D eigenvalue weighted by molar-refractivity contribution is 5.71. The first-order valence-corrected chi connectivity index (χ1v) is 5.71. The molecule has 80 valence electrons. The molecule has 0 aromatic heterocycles. The summed E-state index contributed by atoms with van der Waals surface area (Å²) >= 11 is 0. The van der Waals surface area contributed by atoms with Gasteiger partial charge in [-0.1, -0.05) is 12.8 Å². The van der Waals surface area contributed by atoms with Crippen molar-refractivity contribution in [3.63, 3.8) is 0 Å². The van der Waals surface area contributed by atoms with E-state index in [0.717, 1.165) is 24.8 Å². The highest BCUT2D eigenvalue weighted by atomic mass is 16.5. The molecule has 2 saturated carbocycles. The minimum Gasteiger partial charge on any atom is -0.465 e. The van der Waals surface area contributed by atoms with E-state index in [1.807, 2.05) is 0 Å². The van der Waals surface area contributed by atoms with Crippen LogP contribution in [0, 0.1) is 11.8 Å². The molecular formula is C11H19NO2. The molecule has 2 fully saturated rings. The monoisotopic (exact) mass is 197 g/mol. The Morgan fingerprint density at radius 3 is 2.57 bits per heavy atom. The molecule has 0 spiro atoms. The summed E-state index contributed by atoms with van der Waals surface area (Å²) in [5.74, 6) is 1.59. The highest BCUT2D eigenvalue weighted by Gasteiger charge is 2.22. The van der Waals surface area contributed by atoms with E-state index in [4.69, 9.17) is 4.74 Å². The molecule has 0 aromatic carbocycles. The zero-order valence-electron chi connectivity index (χ0n) is 8.63. The summed E-state index contributed by atoms with van der Waals surface area (Å²) in [6, 6.07) is 0. The van der Waals surface area contributed by atoms with E-state index in [1.54, 1.807) is 0 Å². The van der Waals surface area contributed by atoms with Gasteiger partial charge >= 0.3 is 5.97 Å². The van der Waals surface area contributed by atoms with Crippen molar-refractivity contribution in [3.8, 4) is 0 Å². The summed E-state index contributed by atoms with van der Waals surface area (Å²) in [7, 11) is 0. The number of rotatable bonds is 7. The minimum atomic E-state index is -0.0914. The molecule has 0 aromatic rings. The molecule has 2 aliphatic rings. The first-order chi connectivity index (χ1) is 6.84. The molecule has 3 heteroatoms. The van der Waals surface area contributed by atoms with Crippen LogP contribution in [0.2, 0.25) is 0 Å². The van der Waals surface area contributed by atoms with Crippen molar-refractivity contribution in [3.05, 3.63) is 0 Å². The molecule has 0 heterocycles. The maximum absolute atomic E-state index is 11.2. The normalized spacial score (nSPS) is 20.9. The number of hydrogen-bond donors (Lipinski definition) is 1. The number of carbonyl (C=O) groups excluding carboxylic acids is 1. The molecule has 0 radical (unpaired) electrons. The predicted molar refractivity (Wildman–Crippen MR) is 53.9 cm³/mol. The van der Waals surface area contributed by atoms with Crippen molar-refractivity contribution in [2.75, 3.05) is 19.7 Å². The lowest BCUT2D eigenvalue weighted by Gasteiger charge is -2.04. The van der Waals surface area contributed by atoms with Crippen LogP contribution in [0.1, 0.15) is 32.1 Å². The lowest BCUT2D eigenvalue weighted by atomic mass is 10.3. The molecule has 0 saturated heterocycles. The van der Waals surface area contributed by atoms with E-state index in [0.29, 0.717) is 13.2 Å². The Morgan fingerprint density at radius 2 is 1.93 bits per heavy atom. The Labute approximate surface area is 85.2 Å². The Hall–Kier alpha value is -0.570. The van der Waals surface area contributed by atoms with Crippen molar-refractivity contribution >= 4 is 5.97 Å². The van der Waals surface area contributed by atoms with E-state index in [2.05, 4.69) is 5.32 Å². The Balaban J connectivity index is 1.40. The molecule has 0 aliphatic heterocycles. The topological polar surface area (TPSA) is 38.3 Å². The van der Waals surface area contributed by atoms with Crippen LogP contribution in [0.3, 0.4) is 0 Å². The third kappa shape index (κ3) is 4.09. The molecule has 14 heavy (non-hydrogen) atoms. The van der Waals surface area contributed by atoms with Crippen LogP contribution in [0.5, 0.6) is 0 Å². The van der Waals surface area contributed by atoms with Crippen molar-refractivity contribution in [2.24, 2.45) is 11.8 Å². The van der Waals surface area contributed by atoms with Crippen LogP contribution >= 0.6 is 0 Å². The SMILES string of the molecule is O=C(CNCC1CC1)OCCC1CC1. The number of nitrogens with one attached hydrogen (secondary N) is 1. The summed E-state index contributed by atoms with van der Waals surface area (Å²) in [6.07, 6.45) is 6.37. The smallest absolute Gasteiger partial charge is 0.319 e. The number of esters is 1. The average molecular weight is 197 g/mol. The third-order valence-corrected chi connectivity index (χ3v) is 2.89. The van der Waals surface area contributed by atoms with E-state index >= 15 is 0 Å². The third-order valence-electron chi connectivity index (χ3n) is 2.89. The van der Waals surface area contributed by atoms with Gasteiger partial charge in [0.2, 0.25) is 0 Å². The van der Waals surface area contributed by atoms with Gasteiger partial charge < -0.3 is 10.1 Å². The summed E-state index contributed by atoms with van der Waals surface area (Å²) in [6.45, 7) is 1.99. The van der Waals surface area contributed by atoms with Crippen LogP contribution in [0.15, 0.2) is 0 Å². The van der Waals surface area contributed by atoms with Crippen molar-refractivity contribution in [2.45, 2.75) is 32.1 Å². The van der Waals surface area contributed by atoms with Gasteiger partial charge in [-0.3, -0.25) is 4.79 Å². The second-order valence-electron chi connectivity index (χ2n) is 4.53. The highest BCUT2D eigenvalue weighted by Crippen LogP contribution is 2.32. The minimum absolute atomic E-state index is 0.0914. The second kappa shape index (κ2) is 4.78. The van der Waals surface area contributed by atoms with Crippen molar-refractivity contribution in [1.29, 1.82) is 0 Å². The summed E-state index contributed by atoms with van der Waals surface area (Å²) in [5, 5.41) is 3.13. The standard InChI is InChI=1S/C11H19NO2/c13-11(8-12-7-10-3-4-10)14-6-5-9-1-2-9/h9-10,12H,1-8H2. The van der Waals surface area contributed by atoms with Crippen LogP contribution in [0.4, 0.5) is 0 Å². The van der Waals surface area contributed by atoms with Crippen molar-refractivity contribution in [1.82, 2.24) is 5.32 Å². The lowest BCUT2D eigenvalue weighted by molar-refractivity contribution is -0.142. The van der Waals surface area contributed by atoms with Gasteiger partial charge in [-0.15, -0.1) is 0 Å². The van der Waals surface area contributed by atoms with Gasteiger partial charge in [-0.25, -0.2) is 0 Å². The molecular weight excluding hydrogens is 178 g/mol. The van der Waals surface area contributed by atoms with Gasteiger partial charge in [0.05, 0.1) is 13.2 Å². The number of ether oxygens (including phenoxy) is 1. The van der Waals surface area contributed by atoms with Gasteiger partial charge in [-0.2, -0.15) is 0 Å². The Morgan fingerprint density at radius 1 is 1.21 bits per heavy atom. The van der Waals surface area contributed by atoms with Gasteiger partial charge in [-0.05, 0) is 37.6 Å². The zero-order valence-corrected chi connectivity index (χ0v) is 8.63. The van der Waals surface area contributed by atoms with Gasteiger partial charge in [0.1, 0.15) is 0 Å². The molecule has 0 unspecified atom stereocenters. The van der Waals surface area contributed by atoms with Crippen LogP contribution < -0.4 is 5.32 Å². The summed E-state index contributed by atoms with van der Waals surface area (Å²) in [5.41, 5.74) is 0. The van der Waals surface area contributed by atoms with E-state index in [1.165, 1.54) is 25.7 Å². The number of hydrogen-bond acceptors (Lipinski definition) is 3. The quantitative estimate of drug-likeness (QED) is 0.626. The van der Waals surface area contributed by atoms with E-state index in [9.17, 15) is 4.79 Å². The predicted octanol–water partition coefficient (Wildman–Crippen LogP) is 1.33. The van der Waals surface area contributed by atoms with Gasteiger partial charge in [0, 0.05) is 0 Å². The second-order valence-corrected chi connectivity index (χ2v) is 4.53. The Bertz CT molecular complexity index is 177. The van der Waals surface area contributed by atoms with Crippen molar-refractivity contribution < 1.29 is 9.53 Å². The Kier molecular flexibility index (Phi) is 3.40. The molecule has 2 rings (SSSR count). The van der Waals surface area contributed by atoms with Gasteiger partial charge in [0.25, 0.3) is 0 Å². The molecule has 0 amide bonds. The fraction of sp³-hybridized carbons (Fsp3) is 0.909. The molecule has 2 aliphatic carbocycles. The van der Waals surface area contributed by atoms with Crippen LogP contribution in [0.25, 0.3) is 0 Å². The van der Waals surface area contributed by atoms with E-state index in [-0.39, 0.29) is 5.97 Å². The summed E-state index contributed by atoms with van der Waals surface area (Å²) in [4.78, 5) is 11.2. The lowest BCUT2D eigenvalue weighted by Crippen LogP contribution is -2.26. The maximum atomic E-state index is 11.2. The maximum Gasteiger partial charge on any atom is 0.319 e. The largest absolute Gasteiger partial charge is 0.465 e. The average Bonchev–Trinajstić information content (AvgIpc) is 2.99. The number of carbonyl (C=O) groups is 1. The van der Waals surface area contributed by atoms with Gasteiger partial charge in [0.15, 0.2) is 0 Å². The molecule has 1 N–H and O–H groups in total. The first kappa shape index (κ1) is 9.97.